The molecule has 1 aliphatic rings. The van der Waals surface area contributed by atoms with Crippen molar-refractivity contribution in [2.45, 2.75) is 53.1 Å². The molecule has 5 nitrogen and oxygen atoms in total. The predicted octanol–water partition coefficient (Wildman–Crippen LogP) is 3.81. The molecule has 1 saturated heterocycles. The Morgan fingerprint density at radius 1 is 1.04 bits per heavy atom. The summed E-state index contributed by atoms with van der Waals surface area (Å²) < 4.78 is 16.3. The molecule has 1 aromatic rings. The molecule has 0 N–H and O–H groups in total. The molecule has 0 atom stereocenters. The van der Waals surface area contributed by atoms with Crippen LogP contribution in [0.4, 0.5) is 0 Å². The Hall–Kier alpha value is -1.17. The fraction of sp³-hybridized carbons (Fsp3) is 0.750. The first-order valence-electron chi connectivity index (χ1n) is 9.64. The van der Waals surface area contributed by atoms with Crippen LogP contribution in [0, 0.1) is 0 Å². The number of hydrogen-bond donors (Lipinski definition) is 0. The minimum absolute atomic E-state index is 0.436. The summed E-state index contributed by atoms with van der Waals surface area (Å²) in [5.74, 6) is 0.823. The van der Waals surface area contributed by atoms with E-state index in [1.165, 1.54) is 0 Å². The van der Waals surface area contributed by atoms with E-state index in [0.29, 0.717) is 12.7 Å². The lowest BCUT2D eigenvalue weighted by Crippen LogP contribution is -2.49. The Bertz CT molecular complexity index is 392. The zero-order valence-electron chi connectivity index (χ0n) is 17.1. The molecule has 0 amide bonds. The summed E-state index contributed by atoms with van der Waals surface area (Å²) in [5, 5.41) is 0. The van der Waals surface area contributed by atoms with E-state index in [0.717, 1.165) is 57.0 Å². The molecule has 25 heavy (non-hydrogen) atoms. The van der Waals surface area contributed by atoms with E-state index in [1.807, 2.05) is 39.8 Å². The third kappa shape index (κ3) is 11.1. The number of aryl methyl sites for hydroxylation is 1. The molecular weight excluding hydrogens is 316 g/mol. The monoisotopic (exact) mass is 354 g/mol. The number of methoxy groups -OCH3 is 1. The van der Waals surface area contributed by atoms with Crippen LogP contribution in [0.2, 0.25) is 0 Å². The van der Waals surface area contributed by atoms with Gasteiger partial charge in [-0.1, -0.05) is 27.7 Å². The maximum Gasteiger partial charge on any atom is 0.137 e. The van der Waals surface area contributed by atoms with Crippen LogP contribution in [-0.4, -0.2) is 63.1 Å². The van der Waals surface area contributed by atoms with Gasteiger partial charge in [0.1, 0.15) is 5.75 Å². The number of nitrogens with zero attached hydrogens (tertiary/aromatic N) is 2. The van der Waals surface area contributed by atoms with Crippen LogP contribution in [0.5, 0.6) is 5.75 Å². The molecule has 2 heterocycles. The topological polar surface area (TPSA) is 43.8 Å². The zero-order valence-corrected chi connectivity index (χ0v) is 17.1. The highest BCUT2D eigenvalue weighted by molar-refractivity contribution is 5.19. The van der Waals surface area contributed by atoms with Gasteiger partial charge in [-0.3, -0.25) is 4.98 Å². The molecule has 0 aromatic carbocycles. The maximum atomic E-state index is 5.76. The van der Waals surface area contributed by atoms with E-state index in [-0.39, 0.29) is 0 Å². The first-order valence-corrected chi connectivity index (χ1v) is 9.64. The average Bonchev–Trinajstić information content (AvgIpc) is 2.65. The van der Waals surface area contributed by atoms with Crippen LogP contribution in [-0.2, 0) is 15.9 Å². The summed E-state index contributed by atoms with van der Waals surface area (Å²) in [6.07, 6.45) is 5.09. The van der Waals surface area contributed by atoms with Crippen LogP contribution in [0.15, 0.2) is 18.3 Å². The summed E-state index contributed by atoms with van der Waals surface area (Å²) in [7, 11) is 3.81. The first kappa shape index (κ1) is 23.8. The molecule has 0 bridgehead atoms. The van der Waals surface area contributed by atoms with E-state index in [4.69, 9.17) is 14.2 Å². The van der Waals surface area contributed by atoms with Crippen molar-refractivity contribution in [3.63, 3.8) is 0 Å². The maximum absolute atomic E-state index is 5.76. The standard InChI is InChI=1S/C16H26N2O3.2C2H6/c1-18-12-16(13-18)21-9-3-5-14-6-7-15(11-17-14)20-10-4-8-19-2;2*1-2/h6-7,11,16H,3-5,8-10,12-13H2,1-2H3;2*1-2H3. The normalized spacial score (nSPS) is 13.8. The third-order valence-electron chi connectivity index (χ3n) is 3.52. The van der Waals surface area contributed by atoms with Gasteiger partial charge in [-0.05, 0) is 32.0 Å². The van der Waals surface area contributed by atoms with Crippen molar-refractivity contribution in [1.29, 1.82) is 0 Å². The minimum Gasteiger partial charge on any atom is -0.492 e. The van der Waals surface area contributed by atoms with Gasteiger partial charge in [-0.25, -0.2) is 0 Å². The van der Waals surface area contributed by atoms with Gasteiger partial charge in [-0.15, -0.1) is 0 Å². The molecule has 0 unspecified atom stereocenters. The molecule has 1 aliphatic heterocycles. The lowest BCUT2D eigenvalue weighted by atomic mass is 10.2. The number of likely N-dealkylation sites (tertiary alicyclic amines) is 1. The van der Waals surface area contributed by atoms with Crippen LogP contribution < -0.4 is 4.74 Å². The number of rotatable bonds is 10. The number of pyridine rings is 1. The fourth-order valence-corrected chi connectivity index (χ4v) is 2.29. The molecule has 2 rings (SSSR count). The first-order chi connectivity index (χ1) is 12.3. The second kappa shape index (κ2) is 16.3. The van der Waals surface area contributed by atoms with E-state index in [9.17, 15) is 0 Å². The van der Waals surface area contributed by atoms with E-state index < -0.39 is 0 Å². The van der Waals surface area contributed by atoms with Crippen LogP contribution >= 0.6 is 0 Å². The van der Waals surface area contributed by atoms with Crippen molar-refractivity contribution in [3.8, 4) is 5.75 Å². The Kier molecular flexibility index (Phi) is 15.5. The molecule has 1 aromatic heterocycles. The molecule has 0 aliphatic carbocycles. The predicted molar refractivity (Wildman–Crippen MR) is 104 cm³/mol. The Morgan fingerprint density at radius 2 is 1.76 bits per heavy atom. The highest BCUT2D eigenvalue weighted by Crippen LogP contribution is 2.12. The fourth-order valence-electron chi connectivity index (χ4n) is 2.29. The second-order valence-corrected chi connectivity index (χ2v) is 5.50. The van der Waals surface area contributed by atoms with Crippen molar-refractivity contribution in [1.82, 2.24) is 9.88 Å². The SMILES string of the molecule is CC.CC.COCCCOc1ccc(CCCOC2CN(C)C2)nc1. The number of aromatic nitrogens is 1. The summed E-state index contributed by atoms with van der Waals surface area (Å²) in [5.41, 5.74) is 1.09. The van der Waals surface area contributed by atoms with Gasteiger partial charge in [0.15, 0.2) is 0 Å². The molecule has 0 spiro atoms. The zero-order chi connectivity index (χ0) is 18.9. The van der Waals surface area contributed by atoms with Crippen molar-refractivity contribution >= 4 is 0 Å². The molecule has 1 fully saturated rings. The lowest BCUT2D eigenvalue weighted by molar-refractivity contribution is -0.0436. The van der Waals surface area contributed by atoms with Crippen LogP contribution in [0.1, 0.15) is 46.2 Å². The van der Waals surface area contributed by atoms with E-state index in [2.05, 4.69) is 16.9 Å². The molecule has 146 valence electrons. The molecule has 5 heteroatoms. The third-order valence-corrected chi connectivity index (χ3v) is 3.52. The molecule has 0 saturated carbocycles. The van der Waals surface area contributed by atoms with E-state index >= 15 is 0 Å². The van der Waals surface area contributed by atoms with Gasteiger partial charge in [0.2, 0.25) is 0 Å². The molecule has 0 radical (unpaired) electrons. The Balaban J connectivity index is 0.00000134. The number of hydrogen-bond acceptors (Lipinski definition) is 5. The van der Waals surface area contributed by atoms with Gasteiger partial charge < -0.3 is 19.1 Å². The van der Waals surface area contributed by atoms with Gasteiger partial charge in [0.05, 0.1) is 18.9 Å². The lowest BCUT2D eigenvalue weighted by Gasteiger charge is -2.35. The van der Waals surface area contributed by atoms with Crippen molar-refractivity contribution in [2.75, 3.05) is 47.1 Å². The number of likely N-dealkylation sites (N-methyl/N-ethyl adjacent to an activating group) is 1. The van der Waals surface area contributed by atoms with Crippen molar-refractivity contribution in [2.24, 2.45) is 0 Å². The summed E-state index contributed by atoms with van der Waals surface area (Å²) in [6, 6.07) is 4.01. The highest BCUT2D eigenvalue weighted by Gasteiger charge is 2.23. The van der Waals surface area contributed by atoms with Gasteiger partial charge in [0, 0.05) is 45.5 Å². The summed E-state index contributed by atoms with van der Waals surface area (Å²) in [6.45, 7) is 12.3. The molecular formula is C20H38N2O3. The summed E-state index contributed by atoms with van der Waals surface area (Å²) in [4.78, 5) is 6.68. The Labute approximate surface area is 154 Å². The van der Waals surface area contributed by atoms with Crippen molar-refractivity contribution < 1.29 is 14.2 Å². The largest absolute Gasteiger partial charge is 0.492 e. The van der Waals surface area contributed by atoms with Crippen LogP contribution in [0.3, 0.4) is 0 Å². The quantitative estimate of drug-likeness (QED) is 0.598. The van der Waals surface area contributed by atoms with Crippen molar-refractivity contribution in [3.05, 3.63) is 24.0 Å². The van der Waals surface area contributed by atoms with Crippen LogP contribution in [0.25, 0.3) is 0 Å². The second-order valence-electron chi connectivity index (χ2n) is 5.50. The number of ether oxygens (including phenoxy) is 3. The summed E-state index contributed by atoms with van der Waals surface area (Å²) >= 11 is 0. The van der Waals surface area contributed by atoms with Gasteiger partial charge >= 0.3 is 0 Å². The smallest absolute Gasteiger partial charge is 0.137 e. The minimum atomic E-state index is 0.436. The average molecular weight is 355 g/mol. The van der Waals surface area contributed by atoms with Gasteiger partial charge in [0.25, 0.3) is 0 Å². The Morgan fingerprint density at radius 3 is 2.32 bits per heavy atom. The van der Waals surface area contributed by atoms with Gasteiger partial charge in [-0.2, -0.15) is 0 Å². The van der Waals surface area contributed by atoms with E-state index in [1.54, 1.807) is 13.3 Å². The highest BCUT2D eigenvalue weighted by atomic mass is 16.5.